The van der Waals surface area contributed by atoms with Crippen LogP contribution in [0.2, 0.25) is 0 Å². The Morgan fingerprint density at radius 1 is 1.41 bits per heavy atom. The van der Waals surface area contributed by atoms with Gasteiger partial charge in [-0.2, -0.15) is 0 Å². The van der Waals surface area contributed by atoms with Gasteiger partial charge in [0, 0.05) is 30.6 Å². The van der Waals surface area contributed by atoms with Gasteiger partial charge in [-0.3, -0.25) is 9.78 Å². The minimum Gasteiger partial charge on any atom is -0.393 e. The fourth-order valence-electron chi connectivity index (χ4n) is 2.75. The number of amides is 1. The lowest BCUT2D eigenvalue weighted by molar-refractivity contribution is -0.123. The number of hydrogen-bond acceptors (Lipinski definition) is 5. The van der Waals surface area contributed by atoms with Crippen molar-refractivity contribution in [3.63, 3.8) is 0 Å². The average Bonchev–Trinajstić information content (AvgIpc) is 2.97. The van der Waals surface area contributed by atoms with Crippen molar-refractivity contribution in [2.24, 2.45) is 5.92 Å². The fourth-order valence-corrected chi connectivity index (χ4v) is 2.75. The summed E-state index contributed by atoms with van der Waals surface area (Å²) in [7, 11) is 0. The zero-order chi connectivity index (χ0) is 15.4. The van der Waals surface area contributed by atoms with Gasteiger partial charge in [-0.15, -0.1) is 5.10 Å². The number of carbonyl (C=O) groups is 1. The number of rotatable bonds is 6. The van der Waals surface area contributed by atoms with Gasteiger partial charge in [0.2, 0.25) is 5.91 Å². The summed E-state index contributed by atoms with van der Waals surface area (Å²) < 4.78 is 1.49. The first-order chi connectivity index (χ1) is 10.7. The SMILES string of the molecule is O=C(Cn1ccnn1)N[C@H](Cc1ccccn1)C1CC(O)C1. The van der Waals surface area contributed by atoms with Crippen molar-refractivity contribution in [1.82, 2.24) is 25.3 Å². The van der Waals surface area contributed by atoms with Crippen molar-refractivity contribution >= 4 is 5.91 Å². The smallest absolute Gasteiger partial charge is 0.242 e. The van der Waals surface area contributed by atoms with E-state index in [-0.39, 0.29) is 30.5 Å². The van der Waals surface area contributed by atoms with Crippen LogP contribution in [0.3, 0.4) is 0 Å². The number of hydrogen-bond donors (Lipinski definition) is 2. The molecule has 7 nitrogen and oxygen atoms in total. The summed E-state index contributed by atoms with van der Waals surface area (Å²) in [6, 6.07) is 5.74. The third-order valence-electron chi connectivity index (χ3n) is 4.00. The maximum Gasteiger partial charge on any atom is 0.242 e. The van der Waals surface area contributed by atoms with Gasteiger partial charge in [-0.25, -0.2) is 4.68 Å². The zero-order valence-corrected chi connectivity index (χ0v) is 12.2. The Kier molecular flexibility index (Phi) is 4.43. The van der Waals surface area contributed by atoms with Crippen LogP contribution in [0.25, 0.3) is 0 Å². The molecule has 22 heavy (non-hydrogen) atoms. The van der Waals surface area contributed by atoms with Crippen LogP contribution >= 0.6 is 0 Å². The van der Waals surface area contributed by atoms with Crippen LogP contribution in [-0.4, -0.2) is 43.1 Å². The molecule has 0 spiro atoms. The van der Waals surface area contributed by atoms with E-state index in [9.17, 15) is 9.90 Å². The van der Waals surface area contributed by atoms with E-state index in [0.717, 1.165) is 18.5 Å². The molecule has 1 aliphatic carbocycles. The molecule has 1 amide bonds. The summed E-state index contributed by atoms with van der Waals surface area (Å²) in [5.74, 6) is 0.185. The number of pyridine rings is 1. The molecule has 0 aromatic carbocycles. The summed E-state index contributed by atoms with van der Waals surface area (Å²) in [4.78, 5) is 16.5. The minimum absolute atomic E-state index is 0.0191. The molecule has 116 valence electrons. The molecule has 0 saturated heterocycles. The third-order valence-corrected chi connectivity index (χ3v) is 4.00. The number of aliphatic hydroxyl groups is 1. The Morgan fingerprint density at radius 3 is 2.91 bits per heavy atom. The first kappa shape index (κ1) is 14.6. The number of aliphatic hydroxyl groups excluding tert-OH is 1. The largest absolute Gasteiger partial charge is 0.393 e. The Hall–Kier alpha value is -2.28. The van der Waals surface area contributed by atoms with Gasteiger partial charge in [-0.05, 0) is 30.9 Å². The van der Waals surface area contributed by atoms with Crippen LogP contribution in [-0.2, 0) is 17.8 Å². The molecule has 0 aliphatic heterocycles. The highest BCUT2D eigenvalue weighted by Gasteiger charge is 2.35. The summed E-state index contributed by atoms with van der Waals surface area (Å²) in [6.07, 6.45) is 6.81. The van der Waals surface area contributed by atoms with Gasteiger partial charge in [0.15, 0.2) is 0 Å². The number of nitrogens with one attached hydrogen (secondary N) is 1. The monoisotopic (exact) mass is 301 g/mol. The standard InChI is InChI=1S/C15H19N5O2/c21-13-7-11(8-13)14(9-12-3-1-2-4-16-12)18-15(22)10-20-6-5-17-19-20/h1-6,11,13-14,21H,7-10H2,(H,18,22)/t11?,13?,14-/m1/s1. The Balaban J connectivity index is 1.62. The van der Waals surface area contributed by atoms with Crippen molar-refractivity contribution in [2.75, 3.05) is 0 Å². The molecule has 2 N–H and O–H groups in total. The quantitative estimate of drug-likeness (QED) is 0.793. The van der Waals surface area contributed by atoms with Crippen molar-refractivity contribution < 1.29 is 9.90 Å². The van der Waals surface area contributed by atoms with Crippen molar-refractivity contribution in [2.45, 2.75) is 38.0 Å². The molecule has 2 aromatic heterocycles. The minimum atomic E-state index is -0.247. The van der Waals surface area contributed by atoms with Crippen molar-refractivity contribution in [3.05, 3.63) is 42.5 Å². The van der Waals surface area contributed by atoms with Gasteiger partial charge in [-0.1, -0.05) is 11.3 Å². The molecule has 7 heteroatoms. The molecule has 1 atom stereocenters. The van der Waals surface area contributed by atoms with E-state index in [4.69, 9.17) is 0 Å². The molecule has 3 rings (SSSR count). The molecule has 2 aromatic rings. The van der Waals surface area contributed by atoms with E-state index in [1.54, 1.807) is 18.6 Å². The zero-order valence-electron chi connectivity index (χ0n) is 12.2. The van der Waals surface area contributed by atoms with Crippen LogP contribution in [0.1, 0.15) is 18.5 Å². The normalized spacial score (nSPS) is 21.9. The molecular weight excluding hydrogens is 282 g/mol. The van der Waals surface area contributed by atoms with Gasteiger partial charge >= 0.3 is 0 Å². The second-order valence-electron chi connectivity index (χ2n) is 5.69. The topological polar surface area (TPSA) is 92.9 Å². The molecule has 0 bridgehead atoms. The molecule has 2 heterocycles. The van der Waals surface area contributed by atoms with Crippen molar-refractivity contribution in [3.8, 4) is 0 Å². The fraction of sp³-hybridized carbons (Fsp3) is 0.467. The Labute approximate surface area is 128 Å². The van der Waals surface area contributed by atoms with E-state index in [1.807, 2.05) is 18.2 Å². The van der Waals surface area contributed by atoms with E-state index < -0.39 is 0 Å². The molecule has 1 fully saturated rings. The molecule has 1 saturated carbocycles. The highest BCUT2D eigenvalue weighted by Crippen LogP contribution is 2.31. The Morgan fingerprint density at radius 2 is 2.27 bits per heavy atom. The highest BCUT2D eigenvalue weighted by molar-refractivity contribution is 5.76. The van der Waals surface area contributed by atoms with Crippen LogP contribution in [0.4, 0.5) is 0 Å². The number of carbonyl (C=O) groups excluding carboxylic acids is 1. The lowest BCUT2D eigenvalue weighted by Gasteiger charge is -2.38. The summed E-state index contributed by atoms with van der Waals surface area (Å²) in [5, 5.41) is 20.0. The maximum absolute atomic E-state index is 12.2. The second-order valence-corrected chi connectivity index (χ2v) is 5.69. The summed E-state index contributed by atoms with van der Waals surface area (Å²) >= 11 is 0. The summed E-state index contributed by atoms with van der Waals surface area (Å²) in [5.41, 5.74) is 0.940. The number of nitrogens with zero attached hydrogens (tertiary/aromatic N) is 4. The molecule has 0 radical (unpaired) electrons. The molecule has 1 aliphatic rings. The van der Waals surface area contributed by atoms with Gasteiger partial charge in [0.1, 0.15) is 6.54 Å². The highest BCUT2D eigenvalue weighted by atomic mass is 16.3. The first-order valence-electron chi connectivity index (χ1n) is 7.42. The van der Waals surface area contributed by atoms with E-state index in [2.05, 4.69) is 20.6 Å². The summed E-state index contributed by atoms with van der Waals surface area (Å²) in [6.45, 7) is 0.147. The van der Waals surface area contributed by atoms with Gasteiger partial charge in [0.05, 0.1) is 12.3 Å². The van der Waals surface area contributed by atoms with Crippen LogP contribution < -0.4 is 5.32 Å². The Bertz CT molecular complexity index is 596. The van der Waals surface area contributed by atoms with Crippen LogP contribution in [0, 0.1) is 5.92 Å². The van der Waals surface area contributed by atoms with Gasteiger partial charge < -0.3 is 10.4 Å². The maximum atomic E-state index is 12.2. The lowest BCUT2D eigenvalue weighted by Crippen LogP contribution is -2.49. The average molecular weight is 301 g/mol. The number of aromatic nitrogens is 4. The predicted molar refractivity (Wildman–Crippen MR) is 78.6 cm³/mol. The van der Waals surface area contributed by atoms with Crippen LogP contribution in [0.15, 0.2) is 36.8 Å². The molecular formula is C15H19N5O2. The third kappa shape index (κ3) is 3.67. The van der Waals surface area contributed by atoms with E-state index >= 15 is 0 Å². The predicted octanol–water partition coefficient (Wildman–Crippen LogP) is 0.171. The van der Waals surface area contributed by atoms with E-state index in [0.29, 0.717) is 6.42 Å². The van der Waals surface area contributed by atoms with Gasteiger partial charge in [0.25, 0.3) is 0 Å². The van der Waals surface area contributed by atoms with Crippen LogP contribution in [0.5, 0.6) is 0 Å². The molecule has 0 unspecified atom stereocenters. The van der Waals surface area contributed by atoms with Crippen molar-refractivity contribution in [1.29, 1.82) is 0 Å². The first-order valence-corrected chi connectivity index (χ1v) is 7.42. The lowest BCUT2D eigenvalue weighted by atomic mass is 9.76. The van der Waals surface area contributed by atoms with E-state index in [1.165, 1.54) is 4.68 Å². The second kappa shape index (κ2) is 6.65.